The fourth-order valence-corrected chi connectivity index (χ4v) is 2.00. The minimum absolute atomic E-state index is 0.762. The molecule has 1 aliphatic heterocycles. The van der Waals surface area contributed by atoms with Crippen molar-refractivity contribution < 1.29 is 4.42 Å². The summed E-state index contributed by atoms with van der Waals surface area (Å²) in [6.45, 7) is 5.29. The van der Waals surface area contributed by atoms with Crippen LogP contribution in [-0.2, 0) is 12.3 Å². The van der Waals surface area contributed by atoms with Gasteiger partial charge in [-0.2, -0.15) is 12.6 Å². The molecule has 0 unspecified atom stereocenters. The van der Waals surface area contributed by atoms with Crippen LogP contribution in [0.5, 0.6) is 0 Å². The van der Waals surface area contributed by atoms with Gasteiger partial charge in [-0.05, 0) is 6.07 Å². The second-order valence-electron chi connectivity index (χ2n) is 3.55. The molecule has 0 atom stereocenters. The van der Waals surface area contributed by atoms with Crippen molar-refractivity contribution >= 4 is 12.6 Å². The Balaban J connectivity index is 1.95. The minimum atomic E-state index is 0.762. The summed E-state index contributed by atoms with van der Waals surface area (Å²) in [4.78, 5) is 2.41. The smallest absolute Gasteiger partial charge is 0.121 e. The maximum Gasteiger partial charge on any atom is 0.121 e. The topological polar surface area (TPSA) is 28.4 Å². The molecule has 1 fully saturated rings. The monoisotopic (exact) mass is 212 g/mol. The predicted molar refractivity (Wildman–Crippen MR) is 59.5 cm³/mol. The molecule has 1 aliphatic rings. The van der Waals surface area contributed by atoms with E-state index in [1.807, 2.05) is 6.07 Å². The number of furan rings is 1. The molecule has 2 rings (SSSR count). The molecule has 1 aromatic heterocycles. The van der Waals surface area contributed by atoms with Crippen LogP contribution < -0.4 is 5.32 Å². The lowest BCUT2D eigenvalue weighted by molar-refractivity contribution is 0.215. The number of nitrogens with zero attached hydrogens (tertiary/aromatic N) is 1. The fourth-order valence-electron chi connectivity index (χ4n) is 1.72. The predicted octanol–water partition coefficient (Wildman–Crippen LogP) is 1.11. The highest BCUT2D eigenvalue weighted by atomic mass is 32.1. The molecule has 1 saturated heterocycles. The van der Waals surface area contributed by atoms with Gasteiger partial charge in [0.1, 0.15) is 5.76 Å². The van der Waals surface area contributed by atoms with E-state index in [4.69, 9.17) is 4.42 Å². The van der Waals surface area contributed by atoms with Crippen molar-refractivity contribution in [3.8, 4) is 0 Å². The summed E-state index contributed by atoms with van der Waals surface area (Å²) in [5.41, 5.74) is 1.21. The second kappa shape index (κ2) is 4.87. The molecule has 0 aromatic carbocycles. The molecule has 0 aliphatic carbocycles. The Hall–Kier alpha value is -0.450. The Kier molecular flexibility index (Phi) is 3.50. The van der Waals surface area contributed by atoms with Crippen molar-refractivity contribution in [2.24, 2.45) is 0 Å². The van der Waals surface area contributed by atoms with Crippen LogP contribution in [0.3, 0.4) is 0 Å². The molecular formula is C10H16N2OS. The van der Waals surface area contributed by atoms with Crippen molar-refractivity contribution in [2.45, 2.75) is 12.3 Å². The van der Waals surface area contributed by atoms with Gasteiger partial charge in [-0.1, -0.05) is 0 Å². The summed E-state index contributed by atoms with van der Waals surface area (Å²) in [7, 11) is 0. The van der Waals surface area contributed by atoms with Crippen molar-refractivity contribution in [1.82, 2.24) is 10.2 Å². The Morgan fingerprint density at radius 1 is 1.43 bits per heavy atom. The minimum Gasteiger partial charge on any atom is -0.468 e. The molecule has 3 nitrogen and oxygen atoms in total. The molecule has 0 saturated carbocycles. The Labute approximate surface area is 89.9 Å². The fraction of sp³-hybridized carbons (Fsp3) is 0.600. The van der Waals surface area contributed by atoms with Gasteiger partial charge < -0.3 is 9.73 Å². The van der Waals surface area contributed by atoms with Gasteiger partial charge in [-0.3, -0.25) is 4.90 Å². The highest BCUT2D eigenvalue weighted by Crippen LogP contribution is 2.15. The lowest BCUT2D eigenvalue weighted by Crippen LogP contribution is -2.42. The number of nitrogens with one attached hydrogen (secondary N) is 1. The third kappa shape index (κ3) is 2.32. The van der Waals surface area contributed by atoms with E-state index in [9.17, 15) is 0 Å². The standard InChI is InChI=1S/C10H16N2OS/c14-8-9-1-6-13-10(9)7-12-4-2-11-3-5-12/h1,6,11,14H,2-5,7-8H2. The van der Waals surface area contributed by atoms with Crippen LogP contribution in [0.2, 0.25) is 0 Å². The van der Waals surface area contributed by atoms with Gasteiger partial charge in [-0.15, -0.1) is 0 Å². The van der Waals surface area contributed by atoms with Crippen molar-refractivity contribution in [1.29, 1.82) is 0 Å². The van der Waals surface area contributed by atoms with Gasteiger partial charge in [-0.25, -0.2) is 0 Å². The Bertz CT molecular complexity index is 281. The summed E-state index contributed by atoms with van der Waals surface area (Å²) in [6, 6.07) is 2.00. The Morgan fingerprint density at radius 3 is 2.93 bits per heavy atom. The van der Waals surface area contributed by atoms with Crippen LogP contribution in [0.15, 0.2) is 16.7 Å². The number of rotatable bonds is 3. The molecule has 78 valence electrons. The maximum absolute atomic E-state index is 5.45. The average Bonchev–Trinajstić information content (AvgIpc) is 2.67. The van der Waals surface area contributed by atoms with Crippen LogP contribution in [0.25, 0.3) is 0 Å². The zero-order valence-electron chi connectivity index (χ0n) is 8.20. The van der Waals surface area contributed by atoms with Gasteiger partial charge in [0.2, 0.25) is 0 Å². The molecule has 1 N–H and O–H groups in total. The number of hydrogen-bond acceptors (Lipinski definition) is 4. The summed E-state index contributed by atoms with van der Waals surface area (Å²) in [6.07, 6.45) is 1.75. The van der Waals surface area contributed by atoms with Gasteiger partial charge in [0.15, 0.2) is 0 Å². The Morgan fingerprint density at radius 2 is 2.21 bits per heavy atom. The van der Waals surface area contributed by atoms with Crippen LogP contribution in [0.4, 0.5) is 0 Å². The number of hydrogen-bond donors (Lipinski definition) is 2. The molecule has 0 spiro atoms. The van der Waals surface area contributed by atoms with E-state index >= 15 is 0 Å². The molecule has 14 heavy (non-hydrogen) atoms. The lowest BCUT2D eigenvalue weighted by Gasteiger charge is -2.26. The summed E-state index contributed by atoms with van der Waals surface area (Å²) >= 11 is 4.27. The highest BCUT2D eigenvalue weighted by molar-refractivity contribution is 7.79. The second-order valence-corrected chi connectivity index (χ2v) is 3.87. The largest absolute Gasteiger partial charge is 0.468 e. The first kappa shape index (κ1) is 10.1. The van der Waals surface area contributed by atoms with Crippen LogP contribution >= 0.6 is 12.6 Å². The quantitative estimate of drug-likeness (QED) is 0.735. The van der Waals surface area contributed by atoms with Crippen molar-refractivity contribution in [3.63, 3.8) is 0 Å². The maximum atomic E-state index is 5.45. The molecule has 0 amide bonds. The third-order valence-electron chi connectivity index (χ3n) is 2.58. The van der Waals surface area contributed by atoms with E-state index in [1.54, 1.807) is 6.26 Å². The van der Waals surface area contributed by atoms with Crippen molar-refractivity contribution in [3.05, 3.63) is 23.7 Å². The van der Waals surface area contributed by atoms with Crippen molar-refractivity contribution in [2.75, 3.05) is 26.2 Å². The SMILES string of the molecule is SCc1ccoc1CN1CCNCC1. The normalized spacial score (nSPS) is 18.6. The number of piperazine rings is 1. The van der Waals surface area contributed by atoms with Crippen LogP contribution in [0.1, 0.15) is 11.3 Å². The zero-order chi connectivity index (χ0) is 9.80. The molecule has 2 heterocycles. The van der Waals surface area contributed by atoms with E-state index in [0.29, 0.717) is 0 Å². The lowest BCUT2D eigenvalue weighted by atomic mass is 10.2. The van der Waals surface area contributed by atoms with E-state index in [0.717, 1.165) is 44.2 Å². The first-order chi connectivity index (χ1) is 6.90. The highest BCUT2D eigenvalue weighted by Gasteiger charge is 2.13. The molecule has 4 heteroatoms. The third-order valence-corrected chi connectivity index (χ3v) is 2.93. The summed E-state index contributed by atoms with van der Waals surface area (Å²) in [5, 5.41) is 3.34. The van der Waals surface area contributed by atoms with E-state index in [1.165, 1.54) is 5.56 Å². The first-order valence-electron chi connectivity index (χ1n) is 4.99. The van der Waals surface area contributed by atoms with Crippen LogP contribution in [-0.4, -0.2) is 31.1 Å². The van der Waals surface area contributed by atoms with Crippen LogP contribution in [0, 0.1) is 0 Å². The molecular weight excluding hydrogens is 196 g/mol. The van der Waals surface area contributed by atoms with Gasteiger partial charge in [0.25, 0.3) is 0 Å². The van der Waals surface area contributed by atoms with E-state index in [2.05, 4.69) is 22.8 Å². The average molecular weight is 212 g/mol. The number of thiol groups is 1. The van der Waals surface area contributed by atoms with Gasteiger partial charge in [0, 0.05) is 37.5 Å². The van der Waals surface area contributed by atoms with E-state index in [-0.39, 0.29) is 0 Å². The molecule has 0 radical (unpaired) electrons. The first-order valence-corrected chi connectivity index (χ1v) is 5.62. The van der Waals surface area contributed by atoms with E-state index < -0.39 is 0 Å². The molecule has 1 aromatic rings. The molecule has 0 bridgehead atoms. The summed E-state index contributed by atoms with van der Waals surface area (Å²) < 4.78 is 5.45. The van der Waals surface area contributed by atoms with Gasteiger partial charge >= 0.3 is 0 Å². The van der Waals surface area contributed by atoms with Gasteiger partial charge in [0.05, 0.1) is 12.8 Å². The summed E-state index contributed by atoms with van der Waals surface area (Å²) in [5.74, 6) is 1.83. The zero-order valence-corrected chi connectivity index (χ0v) is 9.09.